The number of halogens is 2. The topological polar surface area (TPSA) is 40.5 Å². The van der Waals surface area contributed by atoms with Gasteiger partial charge in [-0.3, -0.25) is 0 Å². The van der Waals surface area contributed by atoms with E-state index in [1.165, 1.54) is 6.07 Å². The first kappa shape index (κ1) is 16.4. The number of aliphatic hydroxyl groups is 2. The Balaban J connectivity index is 0.00000225. The minimum absolute atomic E-state index is 0. The fourth-order valence-electron chi connectivity index (χ4n) is 1.24. The maximum Gasteiger partial charge on any atom is 0.272 e. The van der Waals surface area contributed by atoms with Crippen molar-refractivity contribution in [3.8, 4) is 0 Å². The van der Waals surface area contributed by atoms with Gasteiger partial charge in [-0.05, 0) is 17.0 Å². The van der Waals surface area contributed by atoms with Crippen molar-refractivity contribution in [1.29, 1.82) is 0 Å². The van der Waals surface area contributed by atoms with Crippen LogP contribution < -0.4 is 0 Å². The van der Waals surface area contributed by atoms with E-state index in [-0.39, 0.29) is 37.7 Å². The molecule has 0 bridgehead atoms. The molecule has 0 spiro atoms. The van der Waals surface area contributed by atoms with E-state index in [1.54, 1.807) is 12.1 Å². The van der Waals surface area contributed by atoms with E-state index in [0.29, 0.717) is 0 Å². The number of alkyl halides is 1. The summed E-state index contributed by atoms with van der Waals surface area (Å²) in [7, 11) is 0. The number of hydrogen-bond donors (Lipinski definition) is 2. The SMILES string of the molecule is CC(C)(C)c1ccc(C(O)(O)Cl)c(Cl)c1.[Ti]. The third-order valence-electron chi connectivity index (χ3n) is 2.18. The molecule has 0 atom stereocenters. The smallest absolute Gasteiger partial charge is 0.272 e. The fourth-order valence-corrected chi connectivity index (χ4v) is 1.77. The molecule has 1 rings (SSSR count). The Labute approximate surface area is 120 Å². The monoisotopic (exact) mass is 296 g/mol. The Morgan fingerprint density at radius 1 is 1.12 bits per heavy atom. The maximum atomic E-state index is 9.20. The van der Waals surface area contributed by atoms with Crippen LogP contribution in [0.15, 0.2) is 18.2 Å². The Kier molecular flexibility index (Phi) is 5.53. The second-order valence-corrected chi connectivity index (χ2v) is 5.47. The van der Waals surface area contributed by atoms with Crippen LogP contribution in [0.25, 0.3) is 0 Å². The molecule has 0 saturated carbocycles. The predicted molar refractivity (Wildman–Crippen MR) is 62.1 cm³/mol. The predicted octanol–water partition coefficient (Wildman–Crippen LogP) is 2.97. The normalized spacial score (nSPS) is 12.2. The zero-order valence-corrected chi connectivity index (χ0v) is 12.5. The second kappa shape index (κ2) is 5.39. The largest absolute Gasteiger partial charge is 0.350 e. The van der Waals surface area contributed by atoms with Gasteiger partial charge in [-0.1, -0.05) is 56.1 Å². The zero-order valence-electron chi connectivity index (χ0n) is 9.38. The first-order chi connectivity index (χ1) is 6.62. The summed E-state index contributed by atoms with van der Waals surface area (Å²) < 4.78 is 0. The standard InChI is InChI=1S/C11H14Cl2O2.Ti/c1-10(2,3)7-4-5-8(9(12)6-7)11(13,14)15;/h4-6,14-15H,1-3H3;. The second-order valence-electron chi connectivity index (χ2n) is 4.53. The van der Waals surface area contributed by atoms with Crippen LogP contribution in [0.5, 0.6) is 0 Å². The molecule has 0 radical (unpaired) electrons. The van der Waals surface area contributed by atoms with Crippen LogP contribution in [0.1, 0.15) is 31.9 Å². The van der Waals surface area contributed by atoms with Gasteiger partial charge in [0.25, 0.3) is 5.25 Å². The van der Waals surface area contributed by atoms with Crippen LogP contribution in [-0.2, 0) is 32.4 Å². The molecule has 0 aliphatic carbocycles. The minimum atomic E-state index is -2.41. The Bertz CT molecular complexity index is 367. The van der Waals surface area contributed by atoms with Crippen LogP contribution in [0.3, 0.4) is 0 Å². The van der Waals surface area contributed by atoms with Gasteiger partial charge in [0, 0.05) is 27.3 Å². The van der Waals surface area contributed by atoms with Crippen molar-refractivity contribution in [3.05, 3.63) is 34.3 Å². The molecule has 0 fully saturated rings. The molecule has 2 N–H and O–H groups in total. The van der Waals surface area contributed by atoms with Crippen molar-refractivity contribution in [2.75, 3.05) is 0 Å². The fraction of sp³-hybridized carbons (Fsp3) is 0.455. The van der Waals surface area contributed by atoms with Gasteiger partial charge in [0.1, 0.15) is 0 Å². The van der Waals surface area contributed by atoms with Crippen molar-refractivity contribution >= 4 is 23.2 Å². The summed E-state index contributed by atoms with van der Waals surface area (Å²) in [6, 6.07) is 5.00. The molecule has 1 aromatic carbocycles. The molecule has 0 heterocycles. The quantitative estimate of drug-likeness (QED) is 0.475. The molecule has 0 saturated heterocycles. The summed E-state index contributed by atoms with van der Waals surface area (Å²) in [5.41, 5.74) is 1.07. The molecule has 0 aliphatic rings. The molecule has 16 heavy (non-hydrogen) atoms. The van der Waals surface area contributed by atoms with E-state index in [9.17, 15) is 10.2 Å². The van der Waals surface area contributed by atoms with Crippen LogP contribution in [0, 0.1) is 0 Å². The van der Waals surface area contributed by atoms with Crippen molar-refractivity contribution in [2.45, 2.75) is 31.4 Å². The molecule has 0 aliphatic heterocycles. The van der Waals surface area contributed by atoms with Crippen LogP contribution in [0.2, 0.25) is 5.02 Å². The van der Waals surface area contributed by atoms with Crippen molar-refractivity contribution in [3.63, 3.8) is 0 Å². The maximum absolute atomic E-state index is 9.20. The van der Waals surface area contributed by atoms with Gasteiger partial charge >= 0.3 is 0 Å². The molecule has 0 aromatic heterocycles. The number of rotatable bonds is 1. The van der Waals surface area contributed by atoms with Crippen LogP contribution in [-0.4, -0.2) is 10.2 Å². The molecule has 2 nitrogen and oxygen atoms in total. The van der Waals surface area contributed by atoms with E-state index in [1.807, 2.05) is 20.8 Å². The van der Waals surface area contributed by atoms with Gasteiger partial charge in [0.2, 0.25) is 0 Å². The van der Waals surface area contributed by atoms with Gasteiger partial charge in [-0.2, -0.15) is 0 Å². The van der Waals surface area contributed by atoms with Gasteiger partial charge in [-0.15, -0.1) is 0 Å². The van der Waals surface area contributed by atoms with Gasteiger partial charge in [0.05, 0.1) is 5.02 Å². The number of benzene rings is 1. The Morgan fingerprint density at radius 2 is 1.62 bits per heavy atom. The minimum Gasteiger partial charge on any atom is -0.350 e. The summed E-state index contributed by atoms with van der Waals surface area (Å²) in [4.78, 5) is 0. The van der Waals surface area contributed by atoms with Crippen molar-refractivity contribution in [1.82, 2.24) is 0 Å². The Hall–Kier alpha value is 0.434. The van der Waals surface area contributed by atoms with Gasteiger partial charge < -0.3 is 10.2 Å². The summed E-state index contributed by atoms with van der Waals surface area (Å²) in [6.07, 6.45) is 0. The summed E-state index contributed by atoms with van der Waals surface area (Å²) in [6.45, 7) is 6.14. The average Bonchev–Trinajstić information content (AvgIpc) is 1.99. The van der Waals surface area contributed by atoms with E-state index >= 15 is 0 Å². The zero-order chi connectivity index (χ0) is 11.9. The molecule has 1 aromatic rings. The summed E-state index contributed by atoms with van der Waals surface area (Å²) >= 11 is 11.3. The summed E-state index contributed by atoms with van der Waals surface area (Å²) in [5, 5.41) is 16.2. The summed E-state index contributed by atoms with van der Waals surface area (Å²) in [5.74, 6) is 0. The van der Waals surface area contributed by atoms with Crippen molar-refractivity contribution < 1.29 is 31.9 Å². The van der Waals surface area contributed by atoms with Gasteiger partial charge in [-0.25, -0.2) is 0 Å². The van der Waals surface area contributed by atoms with Crippen LogP contribution in [0.4, 0.5) is 0 Å². The van der Waals surface area contributed by atoms with E-state index in [2.05, 4.69) is 0 Å². The van der Waals surface area contributed by atoms with Crippen LogP contribution >= 0.6 is 23.2 Å². The first-order valence-corrected chi connectivity index (χ1v) is 5.32. The third kappa shape index (κ3) is 4.03. The van der Waals surface area contributed by atoms with E-state index < -0.39 is 5.25 Å². The molecule has 5 heteroatoms. The molecular formula is C11H14Cl2O2Ti. The van der Waals surface area contributed by atoms with Gasteiger partial charge in [0.15, 0.2) is 0 Å². The molecule has 0 unspecified atom stereocenters. The Morgan fingerprint density at radius 3 is 1.94 bits per heavy atom. The van der Waals surface area contributed by atoms with E-state index in [0.717, 1.165) is 5.56 Å². The van der Waals surface area contributed by atoms with Crippen molar-refractivity contribution in [2.24, 2.45) is 0 Å². The molecule has 0 amide bonds. The van der Waals surface area contributed by atoms with E-state index in [4.69, 9.17) is 23.2 Å². The molecular weight excluding hydrogens is 283 g/mol. The first-order valence-electron chi connectivity index (χ1n) is 4.56. The third-order valence-corrected chi connectivity index (χ3v) is 2.69. The number of hydrogen-bond acceptors (Lipinski definition) is 2. The molecule has 88 valence electrons. The average molecular weight is 297 g/mol.